The molecule has 0 atom stereocenters. The maximum Gasteiger partial charge on any atom is 0.0257 e. The number of hydrogen-bond acceptors (Lipinski definition) is 0. The zero-order valence-electron chi connectivity index (χ0n) is 30.9. The molecule has 0 radical (unpaired) electrons. The molecule has 0 spiro atoms. The zero-order chi connectivity index (χ0) is 33.2. The van der Waals surface area contributed by atoms with E-state index in [-0.39, 0.29) is 0 Å². The normalized spacial score (nSPS) is 11.5. The van der Waals surface area contributed by atoms with Crippen molar-refractivity contribution >= 4 is 31.9 Å². The Morgan fingerprint density at radius 2 is 0.739 bits per heavy atom. The lowest BCUT2D eigenvalue weighted by atomic mass is 9.87. The minimum Gasteiger partial charge on any atom is -0.0654 e. The molecule has 2 heteroatoms. The molecule has 0 aromatic heterocycles. The Balaban J connectivity index is 2.36. The average molecular weight is 761 g/mol. The molecular formula is C44H72Br2. The van der Waals surface area contributed by atoms with E-state index in [0.29, 0.717) is 0 Å². The summed E-state index contributed by atoms with van der Waals surface area (Å²) < 4.78 is 2.57. The Morgan fingerprint density at radius 3 is 1.20 bits per heavy atom. The summed E-state index contributed by atoms with van der Waals surface area (Å²) in [5.41, 5.74) is 9.32. The van der Waals surface area contributed by atoms with Gasteiger partial charge in [-0.2, -0.15) is 0 Å². The van der Waals surface area contributed by atoms with E-state index in [2.05, 4.69) is 83.8 Å². The highest BCUT2D eigenvalue weighted by Gasteiger charge is 2.18. The predicted molar refractivity (Wildman–Crippen MR) is 216 cm³/mol. The maximum absolute atomic E-state index is 4.14. The van der Waals surface area contributed by atoms with Gasteiger partial charge in [0.2, 0.25) is 0 Å². The molecule has 2 aromatic carbocycles. The smallest absolute Gasteiger partial charge is 0.0257 e. The monoisotopic (exact) mass is 758 g/mol. The molecule has 2 aromatic rings. The highest BCUT2D eigenvalue weighted by molar-refractivity contribution is 9.11. The van der Waals surface area contributed by atoms with Crippen LogP contribution in [0.2, 0.25) is 0 Å². The standard InChI is InChI=1S/C44H72Br2/c1-5-9-13-17-21-25-29-37-33-34-42(45)44(40(37)32-28-24-20-16-12-8-4)41-35-38(30-26-22-18-14-10-6-2)39(36-43(41)46)31-27-23-19-15-11-7-3/h33-36H,5-32H2,1-4H3. The first kappa shape index (κ1) is 41.6. The fraction of sp³-hybridized carbons (Fsp3) is 0.727. The van der Waals surface area contributed by atoms with Crippen LogP contribution in [-0.2, 0) is 25.7 Å². The van der Waals surface area contributed by atoms with Gasteiger partial charge in [-0.25, -0.2) is 0 Å². The summed E-state index contributed by atoms with van der Waals surface area (Å²) in [5, 5.41) is 0. The molecule has 0 aliphatic carbocycles. The van der Waals surface area contributed by atoms with Crippen LogP contribution < -0.4 is 0 Å². The summed E-state index contributed by atoms with van der Waals surface area (Å²) >= 11 is 8.23. The van der Waals surface area contributed by atoms with Gasteiger partial charge in [-0.3, -0.25) is 0 Å². The highest BCUT2D eigenvalue weighted by atomic mass is 79.9. The van der Waals surface area contributed by atoms with Crippen LogP contribution in [-0.4, -0.2) is 0 Å². The molecule has 2 rings (SSSR count). The lowest BCUT2D eigenvalue weighted by Gasteiger charge is -2.21. The number of unbranched alkanes of at least 4 members (excludes halogenated alkanes) is 20. The van der Waals surface area contributed by atoms with Crippen LogP contribution in [0.1, 0.15) is 204 Å². The minimum atomic E-state index is 1.20. The fourth-order valence-electron chi connectivity index (χ4n) is 7.16. The van der Waals surface area contributed by atoms with Crippen molar-refractivity contribution in [3.8, 4) is 11.1 Å². The lowest BCUT2D eigenvalue weighted by molar-refractivity contribution is 0.599. The molecule has 0 saturated heterocycles. The van der Waals surface area contributed by atoms with Gasteiger partial charge in [-0.1, -0.05) is 194 Å². The molecule has 0 fully saturated rings. The van der Waals surface area contributed by atoms with Gasteiger partial charge in [0.1, 0.15) is 0 Å². The number of aryl methyl sites for hydroxylation is 3. The summed E-state index contributed by atoms with van der Waals surface area (Å²) in [6.07, 6.45) is 37.5. The van der Waals surface area contributed by atoms with E-state index in [1.807, 2.05) is 0 Å². The SMILES string of the molecule is CCCCCCCCc1cc(Br)c(-c2c(Br)ccc(CCCCCCCC)c2CCCCCCCC)cc1CCCCCCCC. The van der Waals surface area contributed by atoms with E-state index in [0.717, 1.165) is 0 Å². The van der Waals surface area contributed by atoms with Gasteiger partial charge in [-0.05, 0) is 97.4 Å². The number of hydrogen-bond donors (Lipinski definition) is 0. The van der Waals surface area contributed by atoms with Crippen molar-refractivity contribution in [2.45, 2.75) is 207 Å². The molecule has 0 aliphatic rings. The van der Waals surface area contributed by atoms with Gasteiger partial charge in [0.15, 0.2) is 0 Å². The second kappa shape index (κ2) is 27.2. The van der Waals surface area contributed by atoms with Gasteiger partial charge in [-0.15, -0.1) is 0 Å². The first-order valence-corrected chi connectivity index (χ1v) is 21.8. The Kier molecular flexibility index (Phi) is 24.6. The molecule has 262 valence electrons. The number of benzene rings is 2. The Morgan fingerprint density at radius 1 is 0.370 bits per heavy atom. The van der Waals surface area contributed by atoms with E-state index < -0.39 is 0 Å². The molecule has 0 N–H and O–H groups in total. The molecule has 46 heavy (non-hydrogen) atoms. The zero-order valence-corrected chi connectivity index (χ0v) is 34.0. The summed E-state index contributed by atoms with van der Waals surface area (Å²) in [6.45, 7) is 9.27. The molecule has 0 bridgehead atoms. The lowest BCUT2D eigenvalue weighted by Crippen LogP contribution is -2.03. The predicted octanol–water partition coefficient (Wildman–Crippen LogP) is 16.5. The topological polar surface area (TPSA) is 0 Å². The van der Waals surface area contributed by atoms with Crippen molar-refractivity contribution in [1.82, 2.24) is 0 Å². The van der Waals surface area contributed by atoms with Gasteiger partial charge in [0, 0.05) is 14.5 Å². The van der Waals surface area contributed by atoms with Crippen LogP contribution in [0, 0.1) is 0 Å². The van der Waals surface area contributed by atoms with Crippen molar-refractivity contribution in [3.05, 3.63) is 55.5 Å². The van der Waals surface area contributed by atoms with E-state index >= 15 is 0 Å². The molecule has 0 amide bonds. The maximum atomic E-state index is 4.14. The van der Waals surface area contributed by atoms with E-state index in [9.17, 15) is 0 Å². The fourth-order valence-corrected chi connectivity index (χ4v) is 8.33. The van der Waals surface area contributed by atoms with Gasteiger partial charge in [0.25, 0.3) is 0 Å². The van der Waals surface area contributed by atoms with Gasteiger partial charge < -0.3 is 0 Å². The van der Waals surface area contributed by atoms with Crippen molar-refractivity contribution in [2.24, 2.45) is 0 Å². The highest BCUT2D eigenvalue weighted by Crippen LogP contribution is 2.41. The largest absolute Gasteiger partial charge is 0.0654 e. The molecule has 0 aliphatic heterocycles. The molecule has 0 heterocycles. The molecule has 0 saturated carbocycles. The number of halogens is 2. The Hall–Kier alpha value is -0.600. The Bertz CT molecular complexity index is 1040. The summed E-state index contributed by atoms with van der Waals surface area (Å²) in [4.78, 5) is 0. The van der Waals surface area contributed by atoms with Crippen molar-refractivity contribution in [3.63, 3.8) is 0 Å². The van der Waals surface area contributed by atoms with Crippen LogP contribution >= 0.6 is 31.9 Å². The van der Waals surface area contributed by atoms with Crippen molar-refractivity contribution in [1.29, 1.82) is 0 Å². The Labute approximate surface area is 304 Å². The van der Waals surface area contributed by atoms with Crippen molar-refractivity contribution in [2.75, 3.05) is 0 Å². The summed E-state index contributed by atoms with van der Waals surface area (Å²) in [5.74, 6) is 0. The quantitative estimate of drug-likeness (QED) is 0.0725. The van der Waals surface area contributed by atoms with Crippen LogP contribution in [0.25, 0.3) is 11.1 Å². The molecule has 0 unspecified atom stereocenters. The second-order valence-electron chi connectivity index (χ2n) is 14.2. The molecular weight excluding hydrogens is 688 g/mol. The van der Waals surface area contributed by atoms with E-state index in [1.54, 1.807) is 22.3 Å². The van der Waals surface area contributed by atoms with Gasteiger partial charge >= 0.3 is 0 Å². The number of rotatable bonds is 29. The van der Waals surface area contributed by atoms with Gasteiger partial charge in [0.05, 0.1) is 0 Å². The third-order valence-corrected chi connectivity index (χ3v) is 11.4. The van der Waals surface area contributed by atoms with E-state index in [4.69, 9.17) is 0 Å². The second-order valence-corrected chi connectivity index (χ2v) is 15.9. The van der Waals surface area contributed by atoms with Crippen LogP contribution in [0.5, 0.6) is 0 Å². The van der Waals surface area contributed by atoms with Crippen LogP contribution in [0.4, 0.5) is 0 Å². The van der Waals surface area contributed by atoms with E-state index in [1.165, 1.54) is 200 Å². The van der Waals surface area contributed by atoms with Crippen molar-refractivity contribution < 1.29 is 0 Å². The van der Waals surface area contributed by atoms with Crippen LogP contribution in [0.3, 0.4) is 0 Å². The summed E-state index contributed by atoms with van der Waals surface area (Å²) in [6, 6.07) is 9.94. The first-order chi connectivity index (χ1) is 22.6. The average Bonchev–Trinajstić information content (AvgIpc) is 3.05. The van der Waals surface area contributed by atoms with Crippen LogP contribution in [0.15, 0.2) is 33.2 Å². The molecule has 0 nitrogen and oxygen atoms in total. The summed E-state index contributed by atoms with van der Waals surface area (Å²) in [7, 11) is 0. The first-order valence-electron chi connectivity index (χ1n) is 20.2. The third-order valence-electron chi connectivity index (χ3n) is 10.1. The minimum absolute atomic E-state index is 1.20. The third kappa shape index (κ3) is 16.7.